The van der Waals surface area contributed by atoms with Gasteiger partial charge in [0.2, 0.25) is 5.95 Å². The Kier molecular flexibility index (Phi) is 5.10. The van der Waals surface area contributed by atoms with Crippen LogP contribution in [-0.4, -0.2) is 66.8 Å². The molecule has 2 saturated heterocycles. The van der Waals surface area contributed by atoms with Crippen LogP contribution in [0.1, 0.15) is 25.5 Å². The van der Waals surface area contributed by atoms with Gasteiger partial charge in [-0.25, -0.2) is 4.98 Å². The van der Waals surface area contributed by atoms with Gasteiger partial charge in [0, 0.05) is 51.1 Å². The van der Waals surface area contributed by atoms with E-state index in [-0.39, 0.29) is 0 Å². The molecule has 1 aromatic heterocycles. The first-order valence-electron chi connectivity index (χ1n) is 8.43. The highest BCUT2D eigenvalue weighted by molar-refractivity contribution is 5.45. The number of likely N-dealkylation sites (N-methyl/N-ethyl adjacent to an activating group) is 1. The molecule has 3 rings (SSSR count). The van der Waals surface area contributed by atoms with Crippen molar-refractivity contribution in [3.63, 3.8) is 0 Å². The van der Waals surface area contributed by atoms with Crippen LogP contribution in [0.15, 0.2) is 6.07 Å². The molecule has 1 unspecified atom stereocenters. The van der Waals surface area contributed by atoms with Crippen molar-refractivity contribution in [3.8, 4) is 0 Å². The van der Waals surface area contributed by atoms with E-state index in [2.05, 4.69) is 33.1 Å². The molecule has 0 amide bonds. The van der Waals surface area contributed by atoms with E-state index in [0.29, 0.717) is 6.10 Å². The third-order valence-corrected chi connectivity index (χ3v) is 4.50. The largest absolute Gasteiger partial charge is 0.376 e. The quantitative estimate of drug-likeness (QED) is 0.890. The zero-order valence-corrected chi connectivity index (χ0v) is 13.7. The first kappa shape index (κ1) is 15.5. The first-order chi connectivity index (χ1) is 10.7. The minimum Gasteiger partial charge on any atom is -0.376 e. The van der Waals surface area contributed by atoms with Crippen molar-refractivity contribution in [1.82, 2.24) is 14.9 Å². The maximum atomic E-state index is 5.64. The number of aromatic nitrogens is 2. The van der Waals surface area contributed by atoms with E-state index in [4.69, 9.17) is 9.72 Å². The highest BCUT2D eigenvalue weighted by atomic mass is 16.5. The molecule has 0 radical (unpaired) electrons. The Balaban J connectivity index is 1.62. The zero-order chi connectivity index (χ0) is 15.4. The molecule has 0 bridgehead atoms. The van der Waals surface area contributed by atoms with E-state index in [0.717, 1.165) is 76.2 Å². The molecule has 2 aliphatic heterocycles. The highest BCUT2D eigenvalue weighted by Crippen LogP contribution is 2.18. The predicted octanol–water partition coefficient (Wildman–Crippen LogP) is 1.52. The van der Waals surface area contributed by atoms with Crippen molar-refractivity contribution in [2.24, 2.45) is 0 Å². The van der Waals surface area contributed by atoms with Crippen molar-refractivity contribution >= 4 is 11.8 Å². The van der Waals surface area contributed by atoms with Gasteiger partial charge in [-0.2, -0.15) is 4.98 Å². The molecule has 22 heavy (non-hydrogen) atoms. The monoisotopic (exact) mass is 305 g/mol. The van der Waals surface area contributed by atoms with Crippen LogP contribution in [0.2, 0.25) is 0 Å². The average molecular weight is 305 g/mol. The van der Waals surface area contributed by atoms with Crippen molar-refractivity contribution in [1.29, 1.82) is 0 Å². The summed E-state index contributed by atoms with van der Waals surface area (Å²) in [5, 5.41) is 3.34. The lowest BCUT2D eigenvalue weighted by atomic mass is 10.2. The van der Waals surface area contributed by atoms with Crippen molar-refractivity contribution in [2.75, 3.05) is 56.1 Å². The van der Waals surface area contributed by atoms with Crippen LogP contribution in [0.4, 0.5) is 11.8 Å². The van der Waals surface area contributed by atoms with Gasteiger partial charge in [0.05, 0.1) is 6.10 Å². The zero-order valence-electron chi connectivity index (χ0n) is 13.7. The van der Waals surface area contributed by atoms with E-state index in [1.54, 1.807) is 0 Å². The Morgan fingerprint density at radius 2 is 2.09 bits per heavy atom. The lowest BCUT2D eigenvalue weighted by Gasteiger charge is -2.34. The second kappa shape index (κ2) is 7.24. The highest BCUT2D eigenvalue weighted by Gasteiger charge is 2.19. The number of ether oxygens (including phenoxy) is 1. The van der Waals surface area contributed by atoms with Gasteiger partial charge in [0.1, 0.15) is 5.82 Å². The topological polar surface area (TPSA) is 53.5 Å². The van der Waals surface area contributed by atoms with Crippen LogP contribution in [0.3, 0.4) is 0 Å². The molecule has 0 spiro atoms. The van der Waals surface area contributed by atoms with Gasteiger partial charge in [-0.1, -0.05) is 6.92 Å². The smallest absolute Gasteiger partial charge is 0.224 e. The van der Waals surface area contributed by atoms with Crippen LogP contribution in [0.25, 0.3) is 0 Å². The summed E-state index contributed by atoms with van der Waals surface area (Å²) in [5.41, 5.74) is 1.01. The number of nitrogens with one attached hydrogen (secondary N) is 1. The fourth-order valence-corrected chi connectivity index (χ4v) is 3.10. The molecule has 1 atom stereocenters. The van der Waals surface area contributed by atoms with E-state index < -0.39 is 0 Å². The molecule has 0 aliphatic carbocycles. The molecule has 1 aromatic rings. The van der Waals surface area contributed by atoms with Crippen LogP contribution in [0, 0.1) is 6.92 Å². The van der Waals surface area contributed by atoms with Gasteiger partial charge < -0.3 is 19.9 Å². The molecule has 2 fully saturated rings. The van der Waals surface area contributed by atoms with Gasteiger partial charge in [-0.05, 0) is 26.3 Å². The number of piperazine rings is 1. The number of anilines is 2. The summed E-state index contributed by atoms with van der Waals surface area (Å²) in [7, 11) is 0. The van der Waals surface area contributed by atoms with Crippen LogP contribution < -0.4 is 10.2 Å². The normalized spacial score (nSPS) is 23.0. The lowest BCUT2D eigenvalue weighted by Crippen LogP contribution is -2.46. The SMILES string of the molecule is CCN1CCN(c2cc(C)nc(NCC3CCCO3)n2)CC1. The minimum atomic E-state index is 0.306. The molecule has 122 valence electrons. The van der Waals surface area contributed by atoms with Gasteiger partial charge in [0.25, 0.3) is 0 Å². The van der Waals surface area contributed by atoms with E-state index >= 15 is 0 Å². The van der Waals surface area contributed by atoms with Gasteiger partial charge in [-0.3, -0.25) is 0 Å². The molecule has 0 saturated carbocycles. The second-order valence-electron chi connectivity index (χ2n) is 6.13. The Bertz CT molecular complexity index is 481. The van der Waals surface area contributed by atoms with E-state index in [9.17, 15) is 0 Å². The molecule has 1 N–H and O–H groups in total. The first-order valence-corrected chi connectivity index (χ1v) is 8.43. The maximum Gasteiger partial charge on any atom is 0.224 e. The van der Waals surface area contributed by atoms with Gasteiger partial charge >= 0.3 is 0 Å². The molecule has 0 aromatic carbocycles. The molecular weight excluding hydrogens is 278 g/mol. The second-order valence-corrected chi connectivity index (χ2v) is 6.13. The van der Waals surface area contributed by atoms with Crippen LogP contribution >= 0.6 is 0 Å². The maximum absolute atomic E-state index is 5.64. The molecule has 2 aliphatic rings. The summed E-state index contributed by atoms with van der Waals surface area (Å²) in [6.45, 7) is 11.4. The van der Waals surface area contributed by atoms with Gasteiger partial charge in [-0.15, -0.1) is 0 Å². The Morgan fingerprint density at radius 3 is 2.77 bits per heavy atom. The summed E-state index contributed by atoms with van der Waals surface area (Å²) < 4.78 is 5.64. The number of rotatable bonds is 5. The lowest BCUT2D eigenvalue weighted by molar-refractivity contribution is 0.120. The Hall–Kier alpha value is -1.40. The minimum absolute atomic E-state index is 0.306. The third-order valence-electron chi connectivity index (χ3n) is 4.50. The number of aryl methyl sites for hydroxylation is 1. The predicted molar refractivity (Wildman–Crippen MR) is 88.6 cm³/mol. The summed E-state index contributed by atoms with van der Waals surface area (Å²) in [5.74, 6) is 1.77. The van der Waals surface area contributed by atoms with Gasteiger partial charge in [0.15, 0.2) is 0 Å². The van der Waals surface area contributed by atoms with Crippen LogP contribution in [-0.2, 0) is 4.74 Å². The molecule has 3 heterocycles. The fourth-order valence-electron chi connectivity index (χ4n) is 3.10. The van der Waals surface area contributed by atoms with E-state index in [1.807, 2.05) is 6.92 Å². The summed E-state index contributed by atoms with van der Waals surface area (Å²) in [6, 6.07) is 2.08. The summed E-state index contributed by atoms with van der Waals surface area (Å²) in [6.07, 6.45) is 2.60. The molecular formula is C16H27N5O. The van der Waals surface area contributed by atoms with Crippen molar-refractivity contribution < 1.29 is 4.74 Å². The Morgan fingerprint density at radius 1 is 1.27 bits per heavy atom. The average Bonchev–Trinajstić information content (AvgIpc) is 3.06. The van der Waals surface area contributed by atoms with Crippen molar-refractivity contribution in [2.45, 2.75) is 32.8 Å². The van der Waals surface area contributed by atoms with Crippen molar-refractivity contribution in [3.05, 3.63) is 11.8 Å². The van der Waals surface area contributed by atoms with Crippen LogP contribution in [0.5, 0.6) is 0 Å². The number of nitrogens with zero attached hydrogens (tertiary/aromatic N) is 4. The third kappa shape index (κ3) is 3.87. The Labute approximate surface area is 132 Å². The standard InChI is InChI=1S/C16H27N5O/c1-3-20-6-8-21(9-7-20)15-11-13(2)18-16(19-15)17-12-14-5-4-10-22-14/h11,14H,3-10,12H2,1-2H3,(H,17,18,19). The van der Waals surface area contributed by atoms with E-state index in [1.165, 1.54) is 0 Å². The summed E-state index contributed by atoms with van der Waals surface area (Å²) >= 11 is 0. The number of hydrogen-bond donors (Lipinski definition) is 1. The fraction of sp³-hybridized carbons (Fsp3) is 0.750. The molecule has 6 nitrogen and oxygen atoms in total. The molecule has 6 heteroatoms. The summed E-state index contributed by atoms with van der Waals surface area (Å²) in [4.78, 5) is 14.0. The number of hydrogen-bond acceptors (Lipinski definition) is 6.